The Hall–Kier alpha value is 0.690. The molecule has 3 atom stereocenters. The average molecular weight is 322 g/mol. The molecular formula is C13H25IN-. The number of rotatable bonds is 2. The fraction of sp³-hybridized carbons (Fsp3) is 1.00. The van der Waals surface area contributed by atoms with Crippen molar-refractivity contribution in [1.29, 1.82) is 0 Å². The summed E-state index contributed by atoms with van der Waals surface area (Å²) in [5, 5.41) is 4.11. The van der Waals surface area contributed by atoms with Crippen molar-refractivity contribution < 1.29 is 21.2 Å². The van der Waals surface area contributed by atoms with Crippen molar-refractivity contribution in [2.75, 3.05) is 4.93 Å². The van der Waals surface area contributed by atoms with Crippen LogP contribution in [0, 0.1) is 11.8 Å². The van der Waals surface area contributed by atoms with Crippen LogP contribution >= 0.6 is 0 Å². The summed E-state index contributed by atoms with van der Waals surface area (Å²) < 4.78 is 0.596. The van der Waals surface area contributed by atoms with Crippen molar-refractivity contribution in [1.82, 2.24) is 5.32 Å². The molecule has 0 spiro atoms. The third-order valence-corrected chi connectivity index (χ3v) is 7.83. The van der Waals surface area contributed by atoms with Gasteiger partial charge in [0.1, 0.15) is 0 Å². The second-order valence-corrected chi connectivity index (χ2v) is 9.10. The standard InChI is InChI=1S/C13H25IN/c1-10(2)12-6-5-7-13(14-4,15-12)9-11(3)8-12/h10-11,15H,5-9H2,1-4H3/q-1. The van der Waals surface area contributed by atoms with Gasteiger partial charge in [0.05, 0.1) is 0 Å². The van der Waals surface area contributed by atoms with Crippen LogP contribution < -0.4 is 26.5 Å². The molecule has 2 heterocycles. The van der Waals surface area contributed by atoms with Gasteiger partial charge in [0.25, 0.3) is 0 Å². The van der Waals surface area contributed by atoms with E-state index in [2.05, 4.69) is 31.0 Å². The molecule has 1 N–H and O–H groups in total. The molecule has 3 unspecified atom stereocenters. The van der Waals surface area contributed by atoms with Crippen molar-refractivity contribution in [2.24, 2.45) is 11.8 Å². The van der Waals surface area contributed by atoms with E-state index >= 15 is 0 Å². The molecular weight excluding hydrogens is 297 g/mol. The Morgan fingerprint density at radius 2 is 2.00 bits per heavy atom. The summed E-state index contributed by atoms with van der Waals surface area (Å²) in [4.78, 5) is 2.47. The van der Waals surface area contributed by atoms with Crippen LogP contribution in [0.5, 0.6) is 0 Å². The molecule has 2 bridgehead atoms. The number of nitrogens with one attached hydrogen (secondary N) is 1. The molecule has 0 amide bonds. The van der Waals surface area contributed by atoms with Crippen LogP contribution in [0.25, 0.3) is 0 Å². The Balaban J connectivity index is 2.26. The van der Waals surface area contributed by atoms with Gasteiger partial charge in [-0.05, 0) is 0 Å². The second kappa shape index (κ2) is 4.17. The molecule has 2 saturated heterocycles. The molecule has 0 aromatic rings. The van der Waals surface area contributed by atoms with Gasteiger partial charge in [-0.15, -0.1) is 0 Å². The Morgan fingerprint density at radius 1 is 1.27 bits per heavy atom. The van der Waals surface area contributed by atoms with E-state index < -0.39 is 0 Å². The first-order valence-corrected chi connectivity index (χ1v) is 9.55. The van der Waals surface area contributed by atoms with E-state index in [1.807, 2.05) is 0 Å². The fourth-order valence-electron chi connectivity index (χ4n) is 3.70. The molecule has 1 nitrogen and oxygen atoms in total. The van der Waals surface area contributed by atoms with Crippen LogP contribution in [0.1, 0.15) is 52.9 Å². The molecule has 0 aliphatic carbocycles. The number of halogens is 1. The van der Waals surface area contributed by atoms with E-state index in [-0.39, 0.29) is 0 Å². The van der Waals surface area contributed by atoms with E-state index in [0.717, 1.165) is 11.8 Å². The minimum absolute atomic E-state index is 0.327. The zero-order chi connectivity index (χ0) is 11.1. The number of alkyl halides is 2. The maximum atomic E-state index is 4.11. The van der Waals surface area contributed by atoms with E-state index in [4.69, 9.17) is 0 Å². The first-order chi connectivity index (χ1) is 7.02. The molecule has 0 radical (unpaired) electrons. The van der Waals surface area contributed by atoms with Crippen molar-refractivity contribution in [3.8, 4) is 0 Å². The van der Waals surface area contributed by atoms with Gasteiger partial charge in [-0.1, -0.05) is 0 Å². The minimum atomic E-state index is 0.327. The summed E-state index contributed by atoms with van der Waals surface area (Å²) in [6, 6.07) is 0. The molecule has 90 valence electrons. The van der Waals surface area contributed by atoms with Gasteiger partial charge in [0.2, 0.25) is 0 Å². The Morgan fingerprint density at radius 3 is 2.60 bits per heavy atom. The quantitative estimate of drug-likeness (QED) is 0.429. The Bertz CT molecular complexity index is 241. The third-order valence-electron chi connectivity index (χ3n) is 4.52. The third kappa shape index (κ3) is 2.08. The molecule has 2 heteroatoms. The van der Waals surface area contributed by atoms with E-state index in [9.17, 15) is 0 Å². The van der Waals surface area contributed by atoms with E-state index in [0.29, 0.717) is 30.3 Å². The van der Waals surface area contributed by atoms with Gasteiger partial charge in [-0.2, -0.15) is 0 Å². The van der Waals surface area contributed by atoms with Crippen molar-refractivity contribution in [3.63, 3.8) is 0 Å². The molecule has 2 aliphatic rings. The zero-order valence-electron chi connectivity index (χ0n) is 10.6. The summed E-state index contributed by atoms with van der Waals surface area (Å²) in [6.07, 6.45) is 7.20. The Kier molecular flexibility index (Phi) is 3.38. The van der Waals surface area contributed by atoms with Crippen LogP contribution in [0.15, 0.2) is 0 Å². The van der Waals surface area contributed by atoms with Crippen LogP contribution in [-0.4, -0.2) is 14.0 Å². The SMILES string of the molecule is C[I-]C12CCCC(C(C)C)(CC(C)C1)N2. The first-order valence-electron chi connectivity index (χ1n) is 6.32. The summed E-state index contributed by atoms with van der Waals surface area (Å²) in [6.45, 7) is 7.29. The van der Waals surface area contributed by atoms with Crippen LogP contribution in [-0.2, 0) is 0 Å². The van der Waals surface area contributed by atoms with E-state index in [1.165, 1.54) is 32.1 Å². The fourth-order valence-corrected chi connectivity index (χ4v) is 6.62. The van der Waals surface area contributed by atoms with Gasteiger partial charge in [-0.3, -0.25) is 0 Å². The number of piperidine rings is 2. The second-order valence-electron chi connectivity index (χ2n) is 5.96. The molecule has 2 aliphatic heterocycles. The molecule has 2 rings (SSSR count). The Labute approximate surface area is 105 Å². The van der Waals surface area contributed by atoms with Crippen LogP contribution in [0.3, 0.4) is 0 Å². The number of hydrogen-bond donors (Lipinski definition) is 1. The number of fused-ring (bicyclic) bond motifs is 2. The van der Waals surface area contributed by atoms with Gasteiger partial charge >= 0.3 is 105 Å². The van der Waals surface area contributed by atoms with Crippen LogP contribution in [0.4, 0.5) is 0 Å². The molecule has 15 heavy (non-hydrogen) atoms. The monoisotopic (exact) mass is 322 g/mol. The van der Waals surface area contributed by atoms with Crippen molar-refractivity contribution >= 4 is 0 Å². The molecule has 2 fully saturated rings. The summed E-state index contributed by atoms with van der Waals surface area (Å²) in [5.41, 5.74) is 0.492. The van der Waals surface area contributed by atoms with Crippen molar-refractivity contribution in [2.45, 2.75) is 62.0 Å². The predicted molar refractivity (Wildman–Crippen MR) is 61.6 cm³/mol. The van der Waals surface area contributed by atoms with Gasteiger partial charge in [-0.25, -0.2) is 0 Å². The van der Waals surface area contributed by atoms with E-state index in [1.54, 1.807) is 0 Å². The molecule has 0 aromatic carbocycles. The normalized spacial score (nSPS) is 46.1. The predicted octanol–water partition coefficient (Wildman–Crippen LogP) is -0.000300. The summed E-state index contributed by atoms with van der Waals surface area (Å²) >= 11 is 0.327. The number of hydrogen-bond acceptors (Lipinski definition) is 1. The van der Waals surface area contributed by atoms with Crippen molar-refractivity contribution in [3.05, 3.63) is 0 Å². The van der Waals surface area contributed by atoms with Gasteiger partial charge in [0, 0.05) is 0 Å². The molecule has 0 saturated carbocycles. The maximum absolute atomic E-state index is 4.11. The summed E-state index contributed by atoms with van der Waals surface area (Å²) in [7, 11) is 0. The first kappa shape index (κ1) is 12.2. The summed E-state index contributed by atoms with van der Waals surface area (Å²) in [5.74, 6) is 1.74. The van der Waals surface area contributed by atoms with Gasteiger partial charge < -0.3 is 0 Å². The zero-order valence-corrected chi connectivity index (χ0v) is 12.7. The van der Waals surface area contributed by atoms with Crippen LogP contribution in [0.2, 0.25) is 0 Å². The van der Waals surface area contributed by atoms with Gasteiger partial charge in [0.15, 0.2) is 0 Å². The average Bonchev–Trinajstić information content (AvgIpc) is 2.16. The molecule has 0 aromatic heterocycles. The topological polar surface area (TPSA) is 12.0 Å².